The van der Waals surface area contributed by atoms with E-state index in [2.05, 4.69) is 13.8 Å². The maximum atomic E-state index is 13.5. The van der Waals surface area contributed by atoms with Crippen LogP contribution in [0.15, 0.2) is 48.5 Å². The number of unbranched alkanes of at least 4 members (excludes halogenated alkanes) is 4. The van der Waals surface area contributed by atoms with Crippen LogP contribution in [0, 0.1) is 0 Å². The van der Waals surface area contributed by atoms with E-state index in [-0.39, 0.29) is 12.7 Å². The molecule has 0 aliphatic heterocycles. The molecule has 2 atom stereocenters. The molecule has 2 aromatic carbocycles. The van der Waals surface area contributed by atoms with Crippen LogP contribution in [0.5, 0.6) is 11.5 Å². The van der Waals surface area contributed by atoms with E-state index in [1.54, 1.807) is 48.5 Å². The van der Waals surface area contributed by atoms with Crippen molar-refractivity contribution < 1.29 is 27.8 Å². The van der Waals surface area contributed by atoms with Gasteiger partial charge < -0.3 is 14.2 Å². The minimum absolute atomic E-state index is 0.0386. The maximum absolute atomic E-state index is 13.5. The Bertz CT molecular complexity index is 852. The molecule has 2 rings (SSSR count). The molecule has 0 saturated heterocycles. The first-order valence-electron chi connectivity index (χ1n) is 13.4. The lowest BCUT2D eigenvalue weighted by Crippen LogP contribution is -2.17. The zero-order chi connectivity index (χ0) is 26.2. The molecule has 0 aliphatic carbocycles. The maximum Gasteiger partial charge on any atom is 0.343 e. The summed E-state index contributed by atoms with van der Waals surface area (Å²) in [6.45, 7) is 6.81. The van der Waals surface area contributed by atoms with Crippen molar-refractivity contribution in [2.75, 3.05) is 13.2 Å². The lowest BCUT2D eigenvalue weighted by atomic mass is 10.0. The molecule has 36 heavy (non-hydrogen) atoms. The van der Waals surface area contributed by atoms with Crippen molar-refractivity contribution in [3.05, 3.63) is 59.7 Å². The highest BCUT2D eigenvalue weighted by atomic mass is 19.3. The van der Waals surface area contributed by atoms with Gasteiger partial charge in [0.05, 0.1) is 24.2 Å². The van der Waals surface area contributed by atoms with E-state index in [9.17, 15) is 13.6 Å². The fourth-order valence-corrected chi connectivity index (χ4v) is 3.97. The van der Waals surface area contributed by atoms with Crippen molar-refractivity contribution in [2.24, 2.45) is 0 Å². The number of hydrogen-bond acceptors (Lipinski definition) is 4. The SMILES string of the molecule is CCCCCC[C@@H](CCC)Oc1ccc(C(=O)Oc2ccc(C(COCCCC)C(F)F)cc2)cc1. The molecule has 0 spiro atoms. The van der Waals surface area contributed by atoms with Crippen molar-refractivity contribution in [1.29, 1.82) is 0 Å². The minimum Gasteiger partial charge on any atom is -0.490 e. The Morgan fingerprint density at radius 2 is 1.44 bits per heavy atom. The van der Waals surface area contributed by atoms with Crippen LogP contribution in [0.1, 0.15) is 100 Å². The van der Waals surface area contributed by atoms with E-state index >= 15 is 0 Å². The third-order valence-electron chi connectivity index (χ3n) is 6.15. The zero-order valence-electron chi connectivity index (χ0n) is 22.0. The Labute approximate surface area is 215 Å². The molecule has 0 bridgehead atoms. The number of hydrogen-bond donors (Lipinski definition) is 0. The predicted molar refractivity (Wildman–Crippen MR) is 140 cm³/mol. The van der Waals surface area contributed by atoms with Gasteiger partial charge in [-0.25, -0.2) is 13.6 Å². The second kappa shape index (κ2) is 17.1. The molecule has 0 fully saturated rings. The summed E-state index contributed by atoms with van der Waals surface area (Å²) >= 11 is 0. The van der Waals surface area contributed by atoms with Gasteiger partial charge in [-0.3, -0.25) is 0 Å². The number of esters is 1. The number of alkyl halides is 2. The average Bonchev–Trinajstić information content (AvgIpc) is 2.87. The summed E-state index contributed by atoms with van der Waals surface area (Å²) in [6, 6.07) is 13.2. The summed E-state index contributed by atoms with van der Waals surface area (Å²) in [6.07, 6.45) is 7.38. The summed E-state index contributed by atoms with van der Waals surface area (Å²) < 4.78 is 44.0. The van der Waals surface area contributed by atoms with E-state index in [1.165, 1.54) is 19.3 Å². The molecular formula is C30H42F2O4. The third-order valence-corrected chi connectivity index (χ3v) is 6.15. The van der Waals surface area contributed by atoms with Gasteiger partial charge in [-0.15, -0.1) is 0 Å². The van der Waals surface area contributed by atoms with E-state index in [4.69, 9.17) is 14.2 Å². The Morgan fingerprint density at radius 1 is 0.778 bits per heavy atom. The Balaban J connectivity index is 1.91. The molecule has 0 aliphatic rings. The van der Waals surface area contributed by atoms with Gasteiger partial charge in [-0.1, -0.05) is 65.0 Å². The highest BCUT2D eigenvalue weighted by molar-refractivity contribution is 5.91. The lowest BCUT2D eigenvalue weighted by Gasteiger charge is -2.19. The zero-order valence-corrected chi connectivity index (χ0v) is 22.0. The van der Waals surface area contributed by atoms with Gasteiger partial charge in [0.2, 0.25) is 6.43 Å². The van der Waals surface area contributed by atoms with Crippen molar-refractivity contribution in [3.63, 3.8) is 0 Å². The van der Waals surface area contributed by atoms with Gasteiger partial charge in [0.25, 0.3) is 0 Å². The van der Waals surface area contributed by atoms with Crippen LogP contribution < -0.4 is 9.47 Å². The molecular weight excluding hydrogens is 462 g/mol. The number of carbonyl (C=O) groups excluding carboxylic acids is 1. The predicted octanol–water partition coefficient (Wildman–Crippen LogP) is 8.59. The molecule has 2 aromatic rings. The molecule has 0 heterocycles. The third kappa shape index (κ3) is 10.7. The quantitative estimate of drug-likeness (QED) is 0.116. The van der Waals surface area contributed by atoms with Gasteiger partial charge in [-0.2, -0.15) is 0 Å². The van der Waals surface area contributed by atoms with E-state index in [0.717, 1.165) is 44.3 Å². The van der Waals surface area contributed by atoms with Crippen LogP contribution in [0.4, 0.5) is 8.78 Å². The Morgan fingerprint density at radius 3 is 2.06 bits per heavy atom. The van der Waals surface area contributed by atoms with Gasteiger partial charge in [0, 0.05) is 6.61 Å². The molecule has 200 valence electrons. The largest absolute Gasteiger partial charge is 0.490 e. The first kappa shape index (κ1) is 29.8. The number of benzene rings is 2. The van der Waals surface area contributed by atoms with Crippen LogP contribution in [-0.4, -0.2) is 31.7 Å². The van der Waals surface area contributed by atoms with Crippen molar-refractivity contribution in [3.8, 4) is 11.5 Å². The molecule has 6 heteroatoms. The fraction of sp³-hybridized carbons (Fsp3) is 0.567. The topological polar surface area (TPSA) is 44.8 Å². The van der Waals surface area contributed by atoms with Gasteiger partial charge in [0.1, 0.15) is 11.5 Å². The van der Waals surface area contributed by atoms with Crippen molar-refractivity contribution in [2.45, 2.75) is 97.0 Å². The van der Waals surface area contributed by atoms with Crippen LogP contribution in [-0.2, 0) is 4.74 Å². The normalized spacial score (nSPS) is 12.9. The van der Waals surface area contributed by atoms with Crippen LogP contribution in [0.3, 0.4) is 0 Å². The molecule has 4 nitrogen and oxygen atoms in total. The summed E-state index contributed by atoms with van der Waals surface area (Å²) in [5.41, 5.74) is 0.857. The van der Waals surface area contributed by atoms with E-state index < -0.39 is 18.3 Å². The number of halogens is 2. The number of carbonyl (C=O) groups is 1. The number of rotatable bonds is 18. The summed E-state index contributed by atoms with van der Waals surface area (Å²) in [7, 11) is 0. The monoisotopic (exact) mass is 504 g/mol. The highest BCUT2D eigenvalue weighted by Gasteiger charge is 2.23. The highest BCUT2D eigenvalue weighted by Crippen LogP contribution is 2.26. The van der Waals surface area contributed by atoms with Crippen molar-refractivity contribution in [1.82, 2.24) is 0 Å². The van der Waals surface area contributed by atoms with Gasteiger partial charge >= 0.3 is 5.97 Å². The summed E-state index contributed by atoms with van der Waals surface area (Å²) in [5, 5.41) is 0. The average molecular weight is 505 g/mol. The first-order valence-corrected chi connectivity index (χ1v) is 13.4. The van der Waals surface area contributed by atoms with E-state index in [1.807, 2.05) is 6.92 Å². The van der Waals surface area contributed by atoms with Crippen LogP contribution in [0.2, 0.25) is 0 Å². The fourth-order valence-electron chi connectivity index (χ4n) is 3.97. The summed E-state index contributed by atoms with van der Waals surface area (Å²) in [4.78, 5) is 12.6. The lowest BCUT2D eigenvalue weighted by molar-refractivity contribution is 0.0425. The Hall–Kier alpha value is -2.47. The molecule has 0 amide bonds. The first-order chi connectivity index (χ1) is 17.5. The molecule has 0 radical (unpaired) electrons. The second-order valence-corrected chi connectivity index (χ2v) is 9.23. The van der Waals surface area contributed by atoms with E-state index in [0.29, 0.717) is 23.5 Å². The van der Waals surface area contributed by atoms with Crippen LogP contribution >= 0.6 is 0 Å². The molecule has 1 unspecified atom stereocenters. The molecule has 0 N–H and O–H groups in total. The molecule has 0 saturated carbocycles. The standard InChI is InChI=1S/C30H42F2O4/c1-4-7-9-10-12-25(11-6-3)35-26-19-15-24(16-20-26)30(33)36-27-17-13-23(14-18-27)28(29(31)32)22-34-21-8-5-2/h13-20,25,28-29H,4-12,21-22H2,1-3H3/t25-,28?/m1/s1. The summed E-state index contributed by atoms with van der Waals surface area (Å²) in [5.74, 6) is -0.474. The Kier molecular flexibility index (Phi) is 14.1. The smallest absolute Gasteiger partial charge is 0.343 e. The van der Waals surface area contributed by atoms with Crippen molar-refractivity contribution >= 4 is 5.97 Å². The number of ether oxygens (including phenoxy) is 3. The van der Waals surface area contributed by atoms with Gasteiger partial charge in [0.15, 0.2) is 0 Å². The molecule has 0 aromatic heterocycles. The minimum atomic E-state index is -2.53. The van der Waals surface area contributed by atoms with Crippen LogP contribution in [0.25, 0.3) is 0 Å². The second-order valence-electron chi connectivity index (χ2n) is 9.23. The van der Waals surface area contributed by atoms with Gasteiger partial charge in [-0.05, 0) is 67.6 Å².